The van der Waals surface area contributed by atoms with E-state index < -0.39 is 0 Å². The van der Waals surface area contributed by atoms with Crippen LogP contribution in [0, 0.1) is 5.82 Å². The number of fused-ring (bicyclic) bond motifs is 1. The molecular weight excluding hydrogens is 371 g/mol. The Bertz CT molecular complexity index is 893. The molecule has 6 heteroatoms. The molecule has 0 fully saturated rings. The van der Waals surface area contributed by atoms with Crippen LogP contribution in [0.25, 0.3) is 0 Å². The zero-order valence-corrected chi connectivity index (χ0v) is 17.1. The topological polar surface area (TPSA) is 58.6 Å². The standard InChI is InChI=1S/C23H27FN2O3/c1-4-23(2,3)16-7-12-20-19(14-16)26(22(28)15-29-20)13-5-6-21(27)25-18-10-8-17(24)9-11-18/h7-12,14H,4-6,13,15H2,1-3H3,(H,25,27). The predicted molar refractivity (Wildman–Crippen MR) is 112 cm³/mol. The fourth-order valence-electron chi connectivity index (χ4n) is 3.23. The zero-order chi connectivity index (χ0) is 21.0. The molecule has 0 aliphatic carbocycles. The Kier molecular flexibility index (Phi) is 6.20. The van der Waals surface area contributed by atoms with Crippen molar-refractivity contribution in [2.45, 2.75) is 45.4 Å². The van der Waals surface area contributed by atoms with Gasteiger partial charge in [-0.3, -0.25) is 9.59 Å². The molecule has 0 bridgehead atoms. The summed E-state index contributed by atoms with van der Waals surface area (Å²) in [5.41, 5.74) is 2.46. The third-order valence-corrected chi connectivity index (χ3v) is 5.48. The van der Waals surface area contributed by atoms with Gasteiger partial charge in [-0.15, -0.1) is 0 Å². The number of carbonyl (C=O) groups is 2. The predicted octanol–water partition coefficient (Wildman–Crippen LogP) is 4.66. The Labute approximate surface area is 170 Å². The van der Waals surface area contributed by atoms with E-state index in [9.17, 15) is 14.0 Å². The number of hydrogen-bond acceptors (Lipinski definition) is 3. The van der Waals surface area contributed by atoms with E-state index in [-0.39, 0.29) is 36.1 Å². The number of carbonyl (C=O) groups excluding carboxylic acids is 2. The molecule has 0 radical (unpaired) electrons. The maximum atomic E-state index is 13.0. The number of halogens is 1. The van der Waals surface area contributed by atoms with Gasteiger partial charge in [-0.1, -0.05) is 26.8 Å². The smallest absolute Gasteiger partial charge is 0.265 e. The number of hydrogen-bond donors (Lipinski definition) is 1. The van der Waals surface area contributed by atoms with Crippen LogP contribution < -0.4 is 15.0 Å². The molecule has 2 aromatic rings. The summed E-state index contributed by atoms with van der Waals surface area (Å²) in [7, 11) is 0. The zero-order valence-electron chi connectivity index (χ0n) is 17.1. The number of nitrogens with zero attached hydrogens (tertiary/aromatic N) is 1. The van der Waals surface area contributed by atoms with Gasteiger partial charge in [-0.05, 0) is 60.2 Å². The van der Waals surface area contributed by atoms with Gasteiger partial charge in [-0.2, -0.15) is 0 Å². The molecule has 0 spiro atoms. The number of anilines is 2. The molecule has 3 rings (SSSR count). The SMILES string of the molecule is CCC(C)(C)c1ccc2c(c1)N(CCCC(=O)Nc1ccc(F)cc1)C(=O)CO2. The summed E-state index contributed by atoms with van der Waals surface area (Å²) in [6, 6.07) is 11.6. The lowest BCUT2D eigenvalue weighted by atomic mass is 9.82. The van der Waals surface area contributed by atoms with Crippen LogP contribution in [-0.2, 0) is 15.0 Å². The summed E-state index contributed by atoms with van der Waals surface area (Å²) < 4.78 is 18.5. The Balaban J connectivity index is 1.65. The van der Waals surface area contributed by atoms with Crippen molar-refractivity contribution in [2.24, 2.45) is 0 Å². The summed E-state index contributed by atoms with van der Waals surface area (Å²) in [5.74, 6) is 0.0652. The minimum absolute atomic E-state index is 0.00373. The summed E-state index contributed by atoms with van der Waals surface area (Å²) in [6.07, 6.45) is 1.75. The molecule has 1 aliphatic heterocycles. The van der Waals surface area contributed by atoms with E-state index in [1.807, 2.05) is 18.2 Å². The first-order valence-corrected chi connectivity index (χ1v) is 9.93. The van der Waals surface area contributed by atoms with Crippen LogP contribution in [0.2, 0.25) is 0 Å². The molecule has 29 heavy (non-hydrogen) atoms. The molecular formula is C23H27FN2O3. The second-order valence-electron chi connectivity index (χ2n) is 7.91. The Morgan fingerprint density at radius 1 is 1.21 bits per heavy atom. The molecule has 0 saturated heterocycles. The lowest BCUT2D eigenvalue weighted by Gasteiger charge is -2.32. The van der Waals surface area contributed by atoms with Gasteiger partial charge in [0.25, 0.3) is 5.91 Å². The van der Waals surface area contributed by atoms with Gasteiger partial charge in [-0.25, -0.2) is 4.39 Å². The lowest BCUT2D eigenvalue weighted by Crippen LogP contribution is -2.40. The van der Waals surface area contributed by atoms with Crippen molar-refractivity contribution in [3.63, 3.8) is 0 Å². The van der Waals surface area contributed by atoms with Gasteiger partial charge >= 0.3 is 0 Å². The minimum atomic E-state index is -0.349. The first kappa shape index (κ1) is 20.8. The van der Waals surface area contributed by atoms with Crippen LogP contribution in [0.3, 0.4) is 0 Å². The van der Waals surface area contributed by atoms with Crippen molar-refractivity contribution in [2.75, 3.05) is 23.4 Å². The molecule has 2 amide bonds. The third kappa shape index (κ3) is 4.94. The second kappa shape index (κ2) is 8.64. The van der Waals surface area contributed by atoms with Crippen molar-refractivity contribution < 1.29 is 18.7 Å². The van der Waals surface area contributed by atoms with E-state index >= 15 is 0 Å². The Morgan fingerprint density at radius 2 is 1.93 bits per heavy atom. The molecule has 0 atom stereocenters. The highest BCUT2D eigenvalue weighted by molar-refractivity contribution is 5.98. The van der Waals surface area contributed by atoms with E-state index in [2.05, 4.69) is 26.1 Å². The van der Waals surface area contributed by atoms with Crippen molar-refractivity contribution in [3.05, 3.63) is 53.8 Å². The normalized spacial score (nSPS) is 13.7. The van der Waals surface area contributed by atoms with Gasteiger partial charge in [0.05, 0.1) is 5.69 Å². The first-order chi connectivity index (χ1) is 13.8. The molecule has 0 saturated carbocycles. The molecule has 0 unspecified atom stereocenters. The summed E-state index contributed by atoms with van der Waals surface area (Å²) in [4.78, 5) is 26.3. The molecule has 1 heterocycles. The highest BCUT2D eigenvalue weighted by atomic mass is 19.1. The average molecular weight is 398 g/mol. The van der Waals surface area contributed by atoms with Gasteiger partial charge in [0.1, 0.15) is 11.6 Å². The largest absolute Gasteiger partial charge is 0.482 e. The Morgan fingerprint density at radius 3 is 2.62 bits per heavy atom. The van der Waals surface area contributed by atoms with E-state index in [0.29, 0.717) is 24.4 Å². The summed E-state index contributed by atoms with van der Waals surface area (Å²) in [5, 5.41) is 2.74. The van der Waals surface area contributed by atoms with Crippen LogP contribution in [0.15, 0.2) is 42.5 Å². The third-order valence-electron chi connectivity index (χ3n) is 5.48. The minimum Gasteiger partial charge on any atom is -0.482 e. The maximum absolute atomic E-state index is 13.0. The molecule has 2 aromatic carbocycles. The van der Waals surface area contributed by atoms with Crippen LogP contribution >= 0.6 is 0 Å². The van der Waals surface area contributed by atoms with E-state index in [1.54, 1.807) is 4.90 Å². The van der Waals surface area contributed by atoms with E-state index in [4.69, 9.17) is 4.74 Å². The van der Waals surface area contributed by atoms with Gasteiger partial charge in [0, 0.05) is 18.7 Å². The number of ether oxygens (including phenoxy) is 1. The van der Waals surface area contributed by atoms with Gasteiger partial charge in [0.15, 0.2) is 6.61 Å². The van der Waals surface area contributed by atoms with Crippen molar-refractivity contribution in [1.29, 1.82) is 0 Å². The highest BCUT2D eigenvalue weighted by Gasteiger charge is 2.28. The number of amides is 2. The molecule has 1 N–H and O–H groups in total. The molecule has 1 aliphatic rings. The molecule has 0 aromatic heterocycles. The summed E-state index contributed by atoms with van der Waals surface area (Å²) >= 11 is 0. The van der Waals surface area contributed by atoms with Crippen molar-refractivity contribution >= 4 is 23.2 Å². The van der Waals surface area contributed by atoms with Crippen molar-refractivity contribution in [1.82, 2.24) is 0 Å². The fraction of sp³-hybridized carbons (Fsp3) is 0.391. The number of nitrogens with one attached hydrogen (secondary N) is 1. The van der Waals surface area contributed by atoms with Crippen LogP contribution in [0.4, 0.5) is 15.8 Å². The molecule has 154 valence electrons. The monoisotopic (exact) mass is 398 g/mol. The highest BCUT2D eigenvalue weighted by Crippen LogP contribution is 2.37. The fourth-order valence-corrected chi connectivity index (χ4v) is 3.23. The summed E-state index contributed by atoms with van der Waals surface area (Å²) in [6.45, 7) is 6.92. The number of benzene rings is 2. The average Bonchev–Trinajstić information content (AvgIpc) is 2.71. The first-order valence-electron chi connectivity index (χ1n) is 9.93. The van der Waals surface area contributed by atoms with Gasteiger partial charge in [0.2, 0.25) is 5.91 Å². The second-order valence-corrected chi connectivity index (χ2v) is 7.91. The number of rotatable bonds is 7. The van der Waals surface area contributed by atoms with Gasteiger partial charge < -0.3 is 15.0 Å². The maximum Gasteiger partial charge on any atom is 0.265 e. The molecule has 5 nitrogen and oxygen atoms in total. The van der Waals surface area contributed by atoms with Crippen LogP contribution in [-0.4, -0.2) is 25.0 Å². The van der Waals surface area contributed by atoms with E-state index in [1.165, 1.54) is 24.3 Å². The van der Waals surface area contributed by atoms with E-state index in [0.717, 1.165) is 17.7 Å². The van der Waals surface area contributed by atoms with Crippen molar-refractivity contribution in [3.8, 4) is 5.75 Å². The van der Waals surface area contributed by atoms with Crippen LogP contribution in [0.1, 0.15) is 45.6 Å². The lowest BCUT2D eigenvalue weighted by molar-refractivity contribution is -0.121. The van der Waals surface area contributed by atoms with Crippen LogP contribution in [0.5, 0.6) is 5.75 Å². The Hall–Kier alpha value is -2.89. The quantitative estimate of drug-likeness (QED) is 0.738.